The molecule has 2 aromatic carbocycles. The van der Waals surface area contributed by atoms with Crippen molar-refractivity contribution < 1.29 is 4.79 Å². The van der Waals surface area contributed by atoms with Crippen LogP contribution in [0.1, 0.15) is 0 Å². The molecule has 35 heavy (non-hydrogen) atoms. The Bertz CT molecular complexity index is 1330. The SMILES string of the molecule is CN(C)c1ccc(-c2nc3ccccn3c2NCC(=O)N2CCN(c3ccccc3Cl)CC2)cc1. The summed E-state index contributed by atoms with van der Waals surface area (Å²) in [6.07, 6.45) is 1.97. The van der Waals surface area contributed by atoms with Gasteiger partial charge in [-0.05, 0) is 36.4 Å². The van der Waals surface area contributed by atoms with E-state index in [0.29, 0.717) is 13.1 Å². The average Bonchev–Trinajstić information content (AvgIpc) is 3.26. The molecule has 4 aromatic rings. The lowest BCUT2D eigenvalue weighted by atomic mass is 10.1. The van der Waals surface area contributed by atoms with E-state index in [1.807, 2.05) is 72.1 Å². The number of carbonyl (C=O) groups excluding carboxylic acids is 1. The van der Waals surface area contributed by atoms with Crippen LogP contribution >= 0.6 is 11.6 Å². The second-order valence-electron chi connectivity index (χ2n) is 8.85. The van der Waals surface area contributed by atoms with E-state index in [1.54, 1.807) is 0 Å². The van der Waals surface area contributed by atoms with Gasteiger partial charge in [-0.15, -0.1) is 0 Å². The van der Waals surface area contributed by atoms with E-state index in [-0.39, 0.29) is 12.5 Å². The summed E-state index contributed by atoms with van der Waals surface area (Å²) in [5.74, 6) is 0.893. The van der Waals surface area contributed by atoms with Crippen molar-refractivity contribution in [1.29, 1.82) is 0 Å². The van der Waals surface area contributed by atoms with E-state index in [1.165, 1.54) is 0 Å². The van der Waals surface area contributed by atoms with Crippen molar-refractivity contribution in [2.45, 2.75) is 0 Å². The zero-order valence-corrected chi connectivity index (χ0v) is 20.7. The third-order valence-electron chi connectivity index (χ3n) is 6.42. The van der Waals surface area contributed by atoms with Crippen molar-refractivity contribution in [1.82, 2.24) is 14.3 Å². The number of hydrogen-bond donors (Lipinski definition) is 1. The smallest absolute Gasteiger partial charge is 0.242 e. The molecule has 1 saturated heterocycles. The molecule has 0 bridgehead atoms. The number of anilines is 3. The number of nitrogens with one attached hydrogen (secondary N) is 1. The maximum Gasteiger partial charge on any atom is 0.242 e. The second-order valence-corrected chi connectivity index (χ2v) is 9.26. The van der Waals surface area contributed by atoms with Gasteiger partial charge in [-0.1, -0.05) is 41.9 Å². The number of amides is 1. The van der Waals surface area contributed by atoms with Crippen molar-refractivity contribution in [2.75, 3.05) is 61.9 Å². The topological polar surface area (TPSA) is 56.1 Å². The molecule has 0 spiro atoms. The van der Waals surface area contributed by atoms with E-state index in [0.717, 1.165) is 52.2 Å². The maximum absolute atomic E-state index is 13.1. The Hall–Kier alpha value is -3.71. The van der Waals surface area contributed by atoms with Crippen LogP contribution in [0, 0.1) is 0 Å². The molecule has 1 aliphatic rings. The first-order valence-corrected chi connectivity index (χ1v) is 12.1. The van der Waals surface area contributed by atoms with Crippen LogP contribution < -0.4 is 15.1 Å². The van der Waals surface area contributed by atoms with E-state index in [4.69, 9.17) is 16.6 Å². The van der Waals surface area contributed by atoms with Gasteiger partial charge in [-0.2, -0.15) is 0 Å². The Morgan fingerprint density at radius 3 is 2.40 bits per heavy atom. The number of pyridine rings is 1. The van der Waals surface area contributed by atoms with Gasteiger partial charge in [0.1, 0.15) is 17.2 Å². The van der Waals surface area contributed by atoms with Crippen LogP contribution in [-0.2, 0) is 4.79 Å². The largest absolute Gasteiger partial charge is 0.378 e. The lowest BCUT2D eigenvalue weighted by Gasteiger charge is -2.36. The van der Waals surface area contributed by atoms with E-state index in [9.17, 15) is 4.79 Å². The number of aromatic nitrogens is 2. The summed E-state index contributed by atoms with van der Waals surface area (Å²) in [5.41, 5.74) is 4.82. The normalized spacial score (nSPS) is 13.8. The van der Waals surface area contributed by atoms with Crippen molar-refractivity contribution in [2.24, 2.45) is 0 Å². The Balaban J connectivity index is 1.30. The van der Waals surface area contributed by atoms with Crippen molar-refractivity contribution in [3.63, 3.8) is 0 Å². The number of halogens is 1. The average molecular weight is 489 g/mol. The van der Waals surface area contributed by atoms with Gasteiger partial charge >= 0.3 is 0 Å². The molecule has 0 atom stereocenters. The predicted octanol–water partition coefficient (Wildman–Crippen LogP) is 4.48. The van der Waals surface area contributed by atoms with Crippen LogP contribution in [0.5, 0.6) is 0 Å². The minimum absolute atomic E-state index is 0.0728. The predicted molar refractivity (Wildman–Crippen MR) is 144 cm³/mol. The molecular formula is C27H29ClN6O. The number of imidazole rings is 1. The van der Waals surface area contributed by atoms with E-state index in [2.05, 4.69) is 39.4 Å². The zero-order chi connectivity index (χ0) is 24.4. The number of rotatable bonds is 6. The van der Waals surface area contributed by atoms with Crippen molar-refractivity contribution in [3.8, 4) is 11.3 Å². The quantitative estimate of drug-likeness (QED) is 0.433. The van der Waals surface area contributed by atoms with E-state index >= 15 is 0 Å². The first-order chi connectivity index (χ1) is 17.0. The molecule has 0 aliphatic carbocycles. The molecule has 1 fully saturated rings. The molecule has 7 nitrogen and oxygen atoms in total. The molecule has 180 valence electrons. The summed E-state index contributed by atoms with van der Waals surface area (Å²) in [4.78, 5) is 24.1. The van der Waals surface area contributed by atoms with Crippen LogP contribution in [0.25, 0.3) is 16.9 Å². The lowest BCUT2D eigenvalue weighted by Crippen LogP contribution is -2.50. The van der Waals surface area contributed by atoms with Gasteiger partial charge < -0.3 is 20.0 Å². The maximum atomic E-state index is 13.1. The van der Waals surface area contributed by atoms with Gasteiger partial charge in [0.2, 0.25) is 5.91 Å². The molecule has 1 N–H and O–H groups in total. The van der Waals surface area contributed by atoms with Gasteiger partial charge in [0.05, 0.1) is 17.3 Å². The highest BCUT2D eigenvalue weighted by Crippen LogP contribution is 2.30. The lowest BCUT2D eigenvalue weighted by molar-refractivity contribution is -0.129. The Morgan fingerprint density at radius 2 is 1.69 bits per heavy atom. The van der Waals surface area contributed by atoms with Gasteiger partial charge in [-0.25, -0.2) is 4.98 Å². The number of carbonyl (C=O) groups is 1. The third-order valence-corrected chi connectivity index (χ3v) is 6.74. The van der Waals surface area contributed by atoms with E-state index < -0.39 is 0 Å². The van der Waals surface area contributed by atoms with Gasteiger partial charge in [0, 0.05) is 57.7 Å². The summed E-state index contributed by atoms with van der Waals surface area (Å²) in [5, 5.41) is 4.13. The summed E-state index contributed by atoms with van der Waals surface area (Å²) < 4.78 is 2.00. The first kappa shape index (κ1) is 23.1. The molecule has 0 radical (unpaired) electrons. The number of piperazine rings is 1. The molecule has 1 aliphatic heterocycles. The molecule has 1 amide bonds. The van der Waals surface area contributed by atoms with Gasteiger partial charge in [0.25, 0.3) is 0 Å². The van der Waals surface area contributed by atoms with Crippen LogP contribution in [0.15, 0.2) is 72.9 Å². The Kier molecular flexibility index (Phi) is 6.51. The Morgan fingerprint density at radius 1 is 0.971 bits per heavy atom. The van der Waals surface area contributed by atoms with Crippen LogP contribution in [0.2, 0.25) is 5.02 Å². The van der Waals surface area contributed by atoms with Crippen LogP contribution in [0.3, 0.4) is 0 Å². The number of para-hydroxylation sites is 1. The van der Waals surface area contributed by atoms with Crippen molar-refractivity contribution >= 4 is 40.3 Å². The summed E-state index contributed by atoms with van der Waals surface area (Å²) in [6.45, 7) is 3.05. The Labute approximate surface area is 210 Å². The van der Waals surface area contributed by atoms with Gasteiger partial charge in [-0.3, -0.25) is 9.20 Å². The summed E-state index contributed by atoms with van der Waals surface area (Å²) in [7, 11) is 4.04. The van der Waals surface area contributed by atoms with Crippen LogP contribution in [-0.4, -0.2) is 67.0 Å². The first-order valence-electron chi connectivity index (χ1n) is 11.8. The number of hydrogen-bond acceptors (Lipinski definition) is 5. The number of benzene rings is 2. The highest BCUT2D eigenvalue weighted by atomic mass is 35.5. The fourth-order valence-corrected chi connectivity index (χ4v) is 4.71. The highest BCUT2D eigenvalue weighted by Gasteiger charge is 2.23. The highest BCUT2D eigenvalue weighted by molar-refractivity contribution is 6.33. The number of nitrogens with zero attached hydrogens (tertiary/aromatic N) is 5. The minimum atomic E-state index is 0.0728. The molecule has 8 heteroatoms. The fraction of sp³-hybridized carbons (Fsp3) is 0.259. The molecule has 0 saturated carbocycles. The second kappa shape index (κ2) is 9.88. The zero-order valence-electron chi connectivity index (χ0n) is 20.0. The van der Waals surface area contributed by atoms with Crippen LogP contribution in [0.4, 0.5) is 17.2 Å². The molecule has 0 unspecified atom stereocenters. The van der Waals surface area contributed by atoms with Crippen molar-refractivity contribution in [3.05, 3.63) is 77.9 Å². The standard InChI is InChI=1S/C27H29ClN6O/c1-31(2)21-12-10-20(11-13-21)26-27(34-14-6-5-9-24(34)30-26)29-19-25(35)33-17-15-32(16-18-33)23-8-4-3-7-22(23)28/h3-14,29H,15-19H2,1-2H3. The third kappa shape index (κ3) is 4.77. The number of fused-ring (bicyclic) bond motifs is 1. The van der Waals surface area contributed by atoms with Gasteiger partial charge in [0.15, 0.2) is 0 Å². The molecule has 2 aromatic heterocycles. The molecular weight excluding hydrogens is 460 g/mol. The summed E-state index contributed by atoms with van der Waals surface area (Å²) >= 11 is 6.36. The molecule has 5 rings (SSSR count). The molecule has 3 heterocycles. The minimum Gasteiger partial charge on any atom is -0.378 e. The monoisotopic (exact) mass is 488 g/mol. The summed E-state index contributed by atoms with van der Waals surface area (Å²) in [6, 6.07) is 22.0. The fourth-order valence-electron chi connectivity index (χ4n) is 4.46.